The van der Waals surface area contributed by atoms with E-state index >= 15 is 0 Å². The molecule has 2 nitrogen and oxygen atoms in total. The Morgan fingerprint density at radius 3 is 2.67 bits per heavy atom. The second kappa shape index (κ2) is 5.31. The van der Waals surface area contributed by atoms with Gasteiger partial charge in [0.15, 0.2) is 0 Å². The first kappa shape index (κ1) is 9.72. The third kappa shape index (κ3) is 3.35. The van der Waals surface area contributed by atoms with E-state index < -0.39 is 0 Å². The average Bonchev–Trinajstić information content (AvgIpc) is 2.88. The zero-order valence-electron chi connectivity index (χ0n) is 7.96. The van der Waals surface area contributed by atoms with Crippen molar-refractivity contribution in [1.82, 2.24) is 4.90 Å². The van der Waals surface area contributed by atoms with Crippen molar-refractivity contribution in [3.63, 3.8) is 0 Å². The summed E-state index contributed by atoms with van der Waals surface area (Å²) in [5, 5.41) is 0. The van der Waals surface area contributed by atoms with Crippen LogP contribution in [0.5, 0.6) is 0 Å². The Balaban J connectivity index is 2.13. The molecule has 0 unspecified atom stereocenters. The fraction of sp³-hybridized carbons (Fsp3) is 0.900. The lowest BCUT2D eigenvalue weighted by Crippen LogP contribution is -2.28. The van der Waals surface area contributed by atoms with Gasteiger partial charge in [-0.1, -0.05) is 13.3 Å². The molecule has 0 spiro atoms. The van der Waals surface area contributed by atoms with Gasteiger partial charge in [-0.15, -0.1) is 0 Å². The van der Waals surface area contributed by atoms with Crippen molar-refractivity contribution < 1.29 is 4.79 Å². The number of hydrogen-bond acceptors (Lipinski definition) is 2. The fourth-order valence-electron chi connectivity index (χ4n) is 1.50. The summed E-state index contributed by atoms with van der Waals surface area (Å²) in [5.41, 5.74) is 0. The monoisotopic (exact) mass is 169 g/mol. The van der Waals surface area contributed by atoms with Crippen molar-refractivity contribution in [2.24, 2.45) is 0 Å². The molecule has 1 fully saturated rings. The van der Waals surface area contributed by atoms with Gasteiger partial charge in [-0.25, -0.2) is 0 Å². The van der Waals surface area contributed by atoms with E-state index in [1.165, 1.54) is 32.2 Å². The van der Waals surface area contributed by atoms with Gasteiger partial charge < -0.3 is 4.79 Å². The molecule has 0 heterocycles. The molecule has 1 aliphatic rings. The number of aldehydes is 1. The molecule has 0 aromatic heterocycles. The highest BCUT2D eigenvalue weighted by molar-refractivity contribution is 5.49. The molecule has 0 N–H and O–H groups in total. The largest absolute Gasteiger partial charge is 0.303 e. The molecule has 0 aromatic carbocycles. The predicted octanol–water partition coefficient (Wildman–Crippen LogP) is 1.84. The van der Waals surface area contributed by atoms with Crippen molar-refractivity contribution in [3.05, 3.63) is 0 Å². The molecule has 12 heavy (non-hydrogen) atoms. The summed E-state index contributed by atoms with van der Waals surface area (Å²) < 4.78 is 0. The van der Waals surface area contributed by atoms with E-state index in [4.69, 9.17) is 0 Å². The minimum Gasteiger partial charge on any atom is -0.303 e. The smallest absolute Gasteiger partial charge is 0.121 e. The Labute approximate surface area is 74.9 Å². The molecule has 0 saturated heterocycles. The number of hydrogen-bond donors (Lipinski definition) is 0. The quantitative estimate of drug-likeness (QED) is 0.542. The Morgan fingerprint density at radius 2 is 2.17 bits per heavy atom. The number of rotatable bonds is 7. The van der Waals surface area contributed by atoms with Crippen LogP contribution in [0, 0.1) is 0 Å². The van der Waals surface area contributed by atoms with E-state index in [2.05, 4.69) is 11.8 Å². The van der Waals surface area contributed by atoms with Gasteiger partial charge in [0.05, 0.1) is 0 Å². The van der Waals surface area contributed by atoms with Crippen molar-refractivity contribution in [3.8, 4) is 0 Å². The van der Waals surface area contributed by atoms with Crippen LogP contribution in [0.3, 0.4) is 0 Å². The molecule has 1 rings (SSSR count). The maximum atomic E-state index is 10.2. The first-order chi connectivity index (χ1) is 5.88. The minimum absolute atomic E-state index is 0.709. The normalized spacial score (nSPS) is 16.8. The van der Waals surface area contributed by atoms with E-state index in [1.54, 1.807) is 0 Å². The third-order valence-electron chi connectivity index (χ3n) is 2.40. The van der Waals surface area contributed by atoms with Crippen LogP contribution in [-0.4, -0.2) is 30.3 Å². The van der Waals surface area contributed by atoms with E-state index in [1.807, 2.05) is 0 Å². The van der Waals surface area contributed by atoms with Crippen LogP contribution in [0.2, 0.25) is 0 Å². The second-order valence-corrected chi connectivity index (χ2v) is 3.58. The lowest BCUT2D eigenvalue weighted by atomic mass is 10.3. The first-order valence-corrected chi connectivity index (χ1v) is 5.06. The lowest BCUT2D eigenvalue weighted by molar-refractivity contribution is -0.108. The van der Waals surface area contributed by atoms with Gasteiger partial charge in [0.1, 0.15) is 6.29 Å². The maximum absolute atomic E-state index is 10.2. The summed E-state index contributed by atoms with van der Waals surface area (Å²) in [6.45, 7) is 4.38. The molecule has 0 radical (unpaired) electrons. The van der Waals surface area contributed by atoms with Crippen LogP contribution < -0.4 is 0 Å². The summed E-state index contributed by atoms with van der Waals surface area (Å²) in [6, 6.07) is 0.816. The summed E-state index contributed by atoms with van der Waals surface area (Å²) in [7, 11) is 0. The van der Waals surface area contributed by atoms with E-state index in [0.29, 0.717) is 6.42 Å². The average molecular weight is 169 g/mol. The fourth-order valence-corrected chi connectivity index (χ4v) is 1.50. The topological polar surface area (TPSA) is 20.3 Å². The second-order valence-electron chi connectivity index (χ2n) is 3.58. The van der Waals surface area contributed by atoms with Crippen LogP contribution in [0.1, 0.15) is 39.0 Å². The van der Waals surface area contributed by atoms with E-state index in [9.17, 15) is 4.79 Å². The number of carbonyl (C=O) groups excluding carboxylic acids is 1. The Bertz CT molecular complexity index is 132. The highest BCUT2D eigenvalue weighted by Crippen LogP contribution is 2.26. The number of carbonyl (C=O) groups is 1. The Hall–Kier alpha value is -0.370. The van der Waals surface area contributed by atoms with Crippen molar-refractivity contribution in [2.45, 2.75) is 45.1 Å². The van der Waals surface area contributed by atoms with Gasteiger partial charge in [-0.05, 0) is 25.8 Å². The molecule has 1 aliphatic carbocycles. The standard InChI is InChI=1S/C10H19NO/c1-2-3-7-11(8-4-9-12)10-5-6-10/h9-10H,2-8H2,1H3. The zero-order chi connectivity index (χ0) is 8.81. The van der Waals surface area contributed by atoms with Crippen molar-refractivity contribution in [1.29, 1.82) is 0 Å². The van der Waals surface area contributed by atoms with Crippen molar-refractivity contribution in [2.75, 3.05) is 13.1 Å². The molecule has 0 amide bonds. The van der Waals surface area contributed by atoms with Crippen LogP contribution in [-0.2, 0) is 4.79 Å². The molecular formula is C10H19NO. The van der Waals surface area contributed by atoms with Gasteiger partial charge in [0, 0.05) is 19.0 Å². The minimum atomic E-state index is 0.709. The summed E-state index contributed by atoms with van der Waals surface area (Å²) in [5.74, 6) is 0. The predicted molar refractivity (Wildman–Crippen MR) is 50.2 cm³/mol. The van der Waals surface area contributed by atoms with Gasteiger partial charge in [-0.2, -0.15) is 0 Å². The Morgan fingerprint density at radius 1 is 1.42 bits per heavy atom. The summed E-state index contributed by atoms with van der Waals surface area (Å²) in [6.07, 6.45) is 6.96. The molecule has 0 bridgehead atoms. The maximum Gasteiger partial charge on any atom is 0.121 e. The van der Waals surface area contributed by atoms with Crippen LogP contribution in [0.25, 0.3) is 0 Å². The zero-order valence-corrected chi connectivity index (χ0v) is 7.96. The lowest BCUT2D eigenvalue weighted by Gasteiger charge is -2.20. The molecule has 70 valence electrons. The van der Waals surface area contributed by atoms with Gasteiger partial charge >= 0.3 is 0 Å². The molecular weight excluding hydrogens is 150 g/mol. The first-order valence-electron chi connectivity index (χ1n) is 5.06. The van der Waals surface area contributed by atoms with Gasteiger partial charge in [0.2, 0.25) is 0 Å². The number of nitrogens with zero attached hydrogens (tertiary/aromatic N) is 1. The number of unbranched alkanes of at least 4 members (excludes halogenated alkanes) is 1. The van der Waals surface area contributed by atoms with Gasteiger partial charge in [0.25, 0.3) is 0 Å². The van der Waals surface area contributed by atoms with Crippen molar-refractivity contribution >= 4 is 6.29 Å². The molecule has 0 atom stereocenters. The van der Waals surface area contributed by atoms with E-state index in [0.717, 1.165) is 18.9 Å². The highest BCUT2D eigenvalue weighted by Gasteiger charge is 2.27. The summed E-state index contributed by atoms with van der Waals surface area (Å²) >= 11 is 0. The third-order valence-corrected chi connectivity index (χ3v) is 2.40. The van der Waals surface area contributed by atoms with Crippen LogP contribution in [0.15, 0.2) is 0 Å². The SMILES string of the molecule is CCCCN(CCC=O)C1CC1. The van der Waals surface area contributed by atoms with Gasteiger partial charge in [-0.3, -0.25) is 4.90 Å². The Kier molecular flexibility index (Phi) is 4.30. The highest BCUT2D eigenvalue weighted by atomic mass is 16.1. The molecule has 0 aromatic rings. The van der Waals surface area contributed by atoms with Crippen LogP contribution in [0.4, 0.5) is 0 Å². The van der Waals surface area contributed by atoms with E-state index in [-0.39, 0.29) is 0 Å². The molecule has 2 heteroatoms. The van der Waals surface area contributed by atoms with Crippen LogP contribution >= 0.6 is 0 Å². The summed E-state index contributed by atoms with van der Waals surface area (Å²) in [4.78, 5) is 12.7. The molecule has 0 aliphatic heterocycles. The molecule has 1 saturated carbocycles.